The van der Waals surface area contributed by atoms with Crippen molar-refractivity contribution < 1.29 is 0 Å². The molecule has 0 radical (unpaired) electrons. The van der Waals surface area contributed by atoms with Crippen LogP contribution in [-0.4, -0.2) is 18.4 Å². The fraction of sp³-hybridized carbons (Fsp3) is 0.889. The molecular weight excluding hydrogens is 335 g/mol. The van der Waals surface area contributed by atoms with E-state index in [1.165, 1.54) is 32.1 Å². The van der Waals surface area contributed by atoms with Gasteiger partial charge in [-0.25, -0.2) is 0 Å². The van der Waals surface area contributed by atoms with Gasteiger partial charge in [0.05, 0.1) is 0 Å². The summed E-state index contributed by atoms with van der Waals surface area (Å²) in [5, 5.41) is 0. The van der Waals surface area contributed by atoms with E-state index in [1.54, 1.807) is 43.4 Å². The summed E-state index contributed by atoms with van der Waals surface area (Å²) in [6, 6.07) is 0. The summed E-state index contributed by atoms with van der Waals surface area (Å²) in [5.41, 5.74) is 0.771. The van der Waals surface area contributed by atoms with Crippen molar-refractivity contribution in [1.82, 2.24) is 0 Å². The fourth-order valence-corrected chi connectivity index (χ4v) is 21.1. The average molecular weight is 369 g/mol. The third kappa shape index (κ3) is 4.25. The van der Waals surface area contributed by atoms with Gasteiger partial charge in [-0.3, -0.25) is 0 Å². The van der Waals surface area contributed by atoms with Gasteiger partial charge in [0.25, 0.3) is 0 Å². The Bertz CT molecular complexity index is 274. The van der Waals surface area contributed by atoms with Crippen LogP contribution in [-0.2, 0) is 0 Å². The summed E-state index contributed by atoms with van der Waals surface area (Å²) in [5.74, 6) is 0. The van der Waals surface area contributed by atoms with Crippen molar-refractivity contribution in [2.75, 3.05) is 0 Å². The summed E-state index contributed by atoms with van der Waals surface area (Å²) in [7, 11) is 0. The van der Waals surface area contributed by atoms with Gasteiger partial charge in [-0.15, -0.1) is 0 Å². The molecule has 110 valence electrons. The molecule has 1 heteroatoms. The van der Waals surface area contributed by atoms with Crippen LogP contribution in [0.5, 0.6) is 0 Å². The van der Waals surface area contributed by atoms with Crippen molar-refractivity contribution in [3.8, 4) is 0 Å². The summed E-state index contributed by atoms with van der Waals surface area (Å²) in [6.45, 7) is 4.77. The van der Waals surface area contributed by atoms with E-state index in [2.05, 4.69) is 26.0 Å². The number of hydrogen-bond acceptors (Lipinski definition) is 0. The zero-order valence-corrected chi connectivity index (χ0v) is 16.2. The van der Waals surface area contributed by atoms with Gasteiger partial charge < -0.3 is 0 Å². The quantitative estimate of drug-likeness (QED) is 0.368. The fourth-order valence-electron chi connectivity index (χ4n) is 4.44. The molecule has 1 fully saturated rings. The van der Waals surface area contributed by atoms with E-state index < -0.39 is 18.4 Å². The number of unbranched alkanes of at least 4 members (excludes halogenated alkanes) is 2. The van der Waals surface area contributed by atoms with Crippen LogP contribution in [0.15, 0.2) is 12.2 Å². The molecule has 0 nitrogen and oxygen atoms in total. The minimum absolute atomic E-state index is 0.771. The predicted molar refractivity (Wildman–Crippen MR) is 89.5 cm³/mol. The van der Waals surface area contributed by atoms with Crippen molar-refractivity contribution in [2.24, 2.45) is 5.41 Å². The third-order valence-electron chi connectivity index (χ3n) is 6.05. The van der Waals surface area contributed by atoms with E-state index in [0.29, 0.717) is 0 Å². The van der Waals surface area contributed by atoms with Gasteiger partial charge in [0.2, 0.25) is 0 Å². The van der Waals surface area contributed by atoms with Crippen molar-refractivity contribution in [1.29, 1.82) is 0 Å². The van der Waals surface area contributed by atoms with Crippen molar-refractivity contribution in [3.05, 3.63) is 12.2 Å². The van der Waals surface area contributed by atoms with Gasteiger partial charge in [0, 0.05) is 0 Å². The standard InChI is InChI=1S/C10H16.2C4H9.Sn/c1-3-10(4-2)8-6-5-7-9-10;2*1-3-4-2;/h5-6H,1-4,7-9H2;2*1,3-4H2,2H3;. The first-order valence-electron chi connectivity index (χ1n) is 8.89. The maximum absolute atomic E-state index is 2.49. The molecule has 0 aromatic rings. The van der Waals surface area contributed by atoms with Crippen LogP contribution in [0, 0.1) is 5.41 Å². The Balaban J connectivity index is 1.93. The maximum atomic E-state index is 2.49. The first kappa shape index (κ1) is 15.9. The van der Waals surface area contributed by atoms with Gasteiger partial charge >= 0.3 is 125 Å². The SMILES string of the molecule is CCC[CH2][Sn]1([CH2]CCC)[CH2]CC2(CC=CCC2)C[CH2]1. The molecule has 0 bridgehead atoms. The van der Waals surface area contributed by atoms with E-state index in [4.69, 9.17) is 0 Å². The molecular formula is C18H34Sn. The molecule has 19 heavy (non-hydrogen) atoms. The molecule has 2 rings (SSSR count). The summed E-state index contributed by atoms with van der Waals surface area (Å²) >= 11 is -1.67. The second-order valence-electron chi connectivity index (χ2n) is 7.42. The van der Waals surface area contributed by atoms with Gasteiger partial charge in [-0.1, -0.05) is 0 Å². The second kappa shape index (κ2) is 7.52. The molecule has 1 heterocycles. The molecule has 1 spiro atoms. The second-order valence-corrected chi connectivity index (χ2v) is 21.7. The Kier molecular flexibility index (Phi) is 6.30. The van der Waals surface area contributed by atoms with Crippen LogP contribution in [0.3, 0.4) is 0 Å². The molecule has 1 saturated heterocycles. The van der Waals surface area contributed by atoms with E-state index in [9.17, 15) is 0 Å². The minimum atomic E-state index is -1.67. The van der Waals surface area contributed by atoms with Crippen LogP contribution >= 0.6 is 0 Å². The van der Waals surface area contributed by atoms with E-state index in [-0.39, 0.29) is 0 Å². The van der Waals surface area contributed by atoms with Gasteiger partial charge in [-0.05, 0) is 0 Å². The third-order valence-corrected chi connectivity index (χ3v) is 21.6. The molecule has 0 N–H and O–H groups in total. The van der Waals surface area contributed by atoms with Gasteiger partial charge in [0.15, 0.2) is 0 Å². The summed E-state index contributed by atoms with van der Waals surface area (Å²) in [4.78, 5) is 0. The Morgan fingerprint density at radius 1 is 0.895 bits per heavy atom. The van der Waals surface area contributed by atoms with Crippen molar-refractivity contribution in [3.63, 3.8) is 0 Å². The number of hydrogen-bond donors (Lipinski definition) is 0. The van der Waals surface area contributed by atoms with Crippen molar-refractivity contribution in [2.45, 2.75) is 89.4 Å². The Morgan fingerprint density at radius 2 is 1.53 bits per heavy atom. The van der Waals surface area contributed by atoms with Crippen molar-refractivity contribution >= 4 is 18.4 Å². The van der Waals surface area contributed by atoms with E-state index in [1.807, 2.05) is 0 Å². The molecule has 0 amide bonds. The normalized spacial score (nSPS) is 24.7. The van der Waals surface area contributed by atoms with Crippen LogP contribution in [0.25, 0.3) is 0 Å². The average Bonchev–Trinajstić information content (AvgIpc) is 2.47. The molecule has 1 aliphatic heterocycles. The van der Waals surface area contributed by atoms with Crippen LogP contribution in [0.4, 0.5) is 0 Å². The van der Waals surface area contributed by atoms with E-state index in [0.717, 1.165) is 5.41 Å². The molecule has 2 aliphatic rings. The van der Waals surface area contributed by atoms with Crippen LogP contribution < -0.4 is 0 Å². The number of rotatable bonds is 6. The molecule has 0 saturated carbocycles. The first-order chi connectivity index (χ1) is 9.24. The summed E-state index contributed by atoms with van der Waals surface area (Å²) in [6.07, 6.45) is 18.4. The van der Waals surface area contributed by atoms with Crippen LogP contribution in [0.1, 0.15) is 71.6 Å². The van der Waals surface area contributed by atoms with Gasteiger partial charge in [0.1, 0.15) is 0 Å². The molecule has 0 unspecified atom stereocenters. The number of allylic oxidation sites excluding steroid dienone is 2. The Morgan fingerprint density at radius 3 is 2.00 bits per heavy atom. The zero-order valence-electron chi connectivity index (χ0n) is 13.3. The van der Waals surface area contributed by atoms with Gasteiger partial charge in [-0.2, -0.15) is 0 Å². The zero-order chi connectivity index (χ0) is 13.6. The van der Waals surface area contributed by atoms with Crippen LogP contribution in [0.2, 0.25) is 17.7 Å². The molecule has 0 atom stereocenters. The monoisotopic (exact) mass is 370 g/mol. The molecule has 0 aromatic carbocycles. The molecule has 0 aromatic heterocycles. The Labute approximate surface area is 125 Å². The van der Waals surface area contributed by atoms with E-state index >= 15 is 0 Å². The Hall–Kier alpha value is 0.539. The predicted octanol–water partition coefficient (Wildman–Crippen LogP) is 6.56. The molecule has 1 aliphatic carbocycles. The topological polar surface area (TPSA) is 0 Å². The first-order valence-corrected chi connectivity index (χ1v) is 17.0. The summed E-state index contributed by atoms with van der Waals surface area (Å²) < 4.78 is 6.92.